The van der Waals surface area contributed by atoms with E-state index in [0.717, 1.165) is 38.8 Å². The Labute approximate surface area is 166 Å². The molecular formula is C22H29N3O3. The van der Waals surface area contributed by atoms with Crippen LogP contribution in [0.5, 0.6) is 0 Å². The number of amides is 3. The van der Waals surface area contributed by atoms with Crippen LogP contribution in [0.2, 0.25) is 0 Å². The van der Waals surface area contributed by atoms with Crippen molar-refractivity contribution >= 4 is 11.9 Å². The minimum absolute atomic E-state index is 0.0706. The van der Waals surface area contributed by atoms with Crippen molar-refractivity contribution < 1.29 is 14.7 Å². The van der Waals surface area contributed by atoms with Gasteiger partial charge in [-0.1, -0.05) is 17.9 Å². The molecule has 2 aliphatic heterocycles. The lowest BCUT2D eigenvalue weighted by molar-refractivity contribution is 0.0912. The third-order valence-electron chi connectivity index (χ3n) is 5.11. The molecule has 0 unspecified atom stereocenters. The zero-order valence-electron chi connectivity index (χ0n) is 16.7. The van der Waals surface area contributed by atoms with E-state index >= 15 is 0 Å². The lowest BCUT2D eigenvalue weighted by atomic mass is 10.0. The standard InChI is InChI=1S/C22H29N3O3/c1-22(2,28)11-8-17-6-5-7-18(16-17)20(26)23-19-9-14-25(15-10-19)21(27)24-12-3-4-13-24/h5-7,16,19,28H,3-4,9-10,12-15H2,1-2H3,(H,23,26). The Hall–Kier alpha value is -2.52. The molecule has 6 nitrogen and oxygen atoms in total. The van der Waals surface area contributed by atoms with Gasteiger partial charge in [0.1, 0.15) is 5.60 Å². The van der Waals surface area contributed by atoms with Crippen molar-refractivity contribution in [3.8, 4) is 11.8 Å². The van der Waals surface area contributed by atoms with Gasteiger partial charge in [-0.2, -0.15) is 0 Å². The Bertz CT molecular complexity index is 774. The van der Waals surface area contributed by atoms with Crippen molar-refractivity contribution in [2.24, 2.45) is 0 Å². The first-order valence-electron chi connectivity index (χ1n) is 10.0. The van der Waals surface area contributed by atoms with E-state index in [9.17, 15) is 14.7 Å². The van der Waals surface area contributed by atoms with E-state index in [0.29, 0.717) is 24.2 Å². The van der Waals surface area contributed by atoms with Crippen LogP contribution in [0.25, 0.3) is 0 Å². The molecule has 3 amide bonds. The van der Waals surface area contributed by atoms with Gasteiger partial charge in [-0.05, 0) is 57.7 Å². The number of benzene rings is 1. The second kappa shape index (κ2) is 8.66. The van der Waals surface area contributed by atoms with Gasteiger partial charge in [0, 0.05) is 43.3 Å². The lowest BCUT2D eigenvalue weighted by Crippen LogP contribution is -2.50. The normalized spacial score (nSPS) is 17.8. The summed E-state index contributed by atoms with van der Waals surface area (Å²) in [5.74, 6) is 5.53. The predicted octanol–water partition coefficient (Wildman–Crippen LogP) is 2.22. The zero-order valence-corrected chi connectivity index (χ0v) is 16.7. The fourth-order valence-corrected chi connectivity index (χ4v) is 3.56. The maximum atomic E-state index is 12.6. The largest absolute Gasteiger partial charge is 0.378 e. The molecule has 2 heterocycles. The number of nitrogens with one attached hydrogen (secondary N) is 1. The summed E-state index contributed by atoms with van der Waals surface area (Å²) < 4.78 is 0. The van der Waals surface area contributed by atoms with Crippen LogP contribution in [0.1, 0.15) is 55.5 Å². The number of hydrogen-bond acceptors (Lipinski definition) is 3. The first kappa shape index (κ1) is 20.2. The molecule has 2 N–H and O–H groups in total. The number of carbonyl (C=O) groups is 2. The Morgan fingerprint density at radius 2 is 1.75 bits per heavy atom. The summed E-state index contributed by atoms with van der Waals surface area (Å²) >= 11 is 0. The molecule has 0 aromatic heterocycles. The molecule has 6 heteroatoms. The van der Waals surface area contributed by atoms with Gasteiger partial charge in [0.05, 0.1) is 0 Å². The van der Waals surface area contributed by atoms with E-state index in [1.54, 1.807) is 32.0 Å². The minimum atomic E-state index is -1.07. The Kier molecular flexibility index (Phi) is 6.25. The zero-order chi connectivity index (χ0) is 20.1. The molecule has 150 valence electrons. The van der Waals surface area contributed by atoms with Crippen molar-refractivity contribution in [1.29, 1.82) is 0 Å². The second-order valence-corrected chi connectivity index (χ2v) is 8.10. The fourth-order valence-electron chi connectivity index (χ4n) is 3.56. The van der Waals surface area contributed by atoms with Crippen molar-refractivity contribution in [3.05, 3.63) is 35.4 Å². The average Bonchev–Trinajstić information content (AvgIpc) is 3.21. The average molecular weight is 383 g/mol. The van der Waals surface area contributed by atoms with Gasteiger partial charge >= 0.3 is 6.03 Å². The summed E-state index contributed by atoms with van der Waals surface area (Å²) in [5.41, 5.74) is 0.178. The molecule has 1 aromatic carbocycles. The van der Waals surface area contributed by atoms with Gasteiger partial charge in [-0.25, -0.2) is 4.79 Å². The summed E-state index contributed by atoms with van der Waals surface area (Å²) in [4.78, 5) is 28.9. The molecule has 0 bridgehead atoms. The maximum Gasteiger partial charge on any atom is 0.319 e. The van der Waals surface area contributed by atoms with Gasteiger partial charge in [-0.15, -0.1) is 0 Å². The highest BCUT2D eigenvalue weighted by Crippen LogP contribution is 2.16. The first-order chi connectivity index (χ1) is 13.3. The number of piperidine rings is 1. The molecule has 3 rings (SSSR count). The molecule has 2 fully saturated rings. The number of nitrogens with zero attached hydrogens (tertiary/aromatic N) is 2. The topological polar surface area (TPSA) is 72.9 Å². The van der Waals surface area contributed by atoms with Crippen LogP contribution in [0.3, 0.4) is 0 Å². The maximum absolute atomic E-state index is 12.6. The number of likely N-dealkylation sites (tertiary alicyclic amines) is 2. The van der Waals surface area contributed by atoms with E-state index in [-0.39, 0.29) is 18.0 Å². The van der Waals surface area contributed by atoms with Crippen LogP contribution in [-0.2, 0) is 0 Å². The van der Waals surface area contributed by atoms with Crippen LogP contribution in [0.4, 0.5) is 4.79 Å². The summed E-state index contributed by atoms with van der Waals surface area (Å²) in [7, 11) is 0. The highest BCUT2D eigenvalue weighted by Gasteiger charge is 2.28. The van der Waals surface area contributed by atoms with Crippen LogP contribution in [-0.4, -0.2) is 64.7 Å². The summed E-state index contributed by atoms with van der Waals surface area (Å²) in [6.45, 7) is 6.33. The molecule has 0 atom stereocenters. The lowest BCUT2D eigenvalue weighted by Gasteiger charge is -2.34. The first-order valence-corrected chi connectivity index (χ1v) is 10.0. The minimum Gasteiger partial charge on any atom is -0.378 e. The molecule has 1 aromatic rings. The number of rotatable bonds is 2. The highest BCUT2D eigenvalue weighted by molar-refractivity contribution is 5.94. The van der Waals surface area contributed by atoms with Gasteiger partial charge in [-0.3, -0.25) is 4.79 Å². The molecule has 0 radical (unpaired) electrons. The second-order valence-electron chi connectivity index (χ2n) is 8.10. The quantitative estimate of drug-likeness (QED) is 0.769. The summed E-state index contributed by atoms with van der Waals surface area (Å²) in [6, 6.07) is 7.32. The van der Waals surface area contributed by atoms with Crippen LogP contribution in [0, 0.1) is 11.8 Å². The number of hydrogen-bond donors (Lipinski definition) is 2. The van der Waals surface area contributed by atoms with Gasteiger partial charge in [0.2, 0.25) is 0 Å². The summed E-state index contributed by atoms with van der Waals surface area (Å²) in [5, 5.41) is 12.8. The SMILES string of the molecule is CC(C)(O)C#Cc1cccc(C(=O)NC2CCN(C(=O)N3CCCC3)CC2)c1. The van der Waals surface area contributed by atoms with Gasteiger partial charge in [0.25, 0.3) is 5.91 Å². The van der Waals surface area contributed by atoms with E-state index in [2.05, 4.69) is 17.2 Å². The van der Waals surface area contributed by atoms with E-state index < -0.39 is 5.60 Å². The molecule has 2 saturated heterocycles. The van der Waals surface area contributed by atoms with E-state index in [1.807, 2.05) is 15.9 Å². The number of carbonyl (C=O) groups excluding carboxylic acids is 2. The number of urea groups is 1. The predicted molar refractivity (Wildman–Crippen MR) is 108 cm³/mol. The Morgan fingerprint density at radius 3 is 2.39 bits per heavy atom. The van der Waals surface area contributed by atoms with Crippen molar-refractivity contribution in [2.75, 3.05) is 26.2 Å². The molecule has 0 spiro atoms. The van der Waals surface area contributed by atoms with E-state index in [4.69, 9.17) is 0 Å². The Balaban J connectivity index is 1.53. The van der Waals surface area contributed by atoms with Crippen LogP contribution < -0.4 is 5.32 Å². The third kappa shape index (κ3) is 5.49. The van der Waals surface area contributed by atoms with Crippen molar-refractivity contribution in [3.63, 3.8) is 0 Å². The Morgan fingerprint density at radius 1 is 1.11 bits per heavy atom. The van der Waals surface area contributed by atoms with Crippen molar-refractivity contribution in [1.82, 2.24) is 15.1 Å². The smallest absolute Gasteiger partial charge is 0.319 e. The molecular weight excluding hydrogens is 354 g/mol. The summed E-state index contributed by atoms with van der Waals surface area (Å²) in [6.07, 6.45) is 3.72. The highest BCUT2D eigenvalue weighted by atomic mass is 16.3. The van der Waals surface area contributed by atoms with Gasteiger partial charge < -0.3 is 20.2 Å². The third-order valence-corrected chi connectivity index (χ3v) is 5.11. The van der Waals surface area contributed by atoms with Gasteiger partial charge in [0.15, 0.2) is 0 Å². The molecule has 28 heavy (non-hydrogen) atoms. The van der Waals surface area contributed by atoms with Crippen LogP contribution in [0.15, 0.2) is 24.3 Å². The molecule has 2 aliphatic rings. The molecule has 0 saturated carbocycles. The fraction of sp³-hybridized carbons (Fsp3) is 0.545. The van der Waals surface area contributed by atoms with Crippen LogP contribution >= 0.6 is 0 Å². The van der Waals surface area contributed by atoms with E-state index in [1.165, 1.54) is 0 Å². The molecule has 0 aliphatic carbocycles. The number of aliphatic hydroxyl groups is 1. The van der Waals surface area contributed by atoms with Crippen molar-refractivity contribution in [2.45, 2.75) is 51.2 Å². The monoisotopic (exact) mass is 383 g/mol.